The van der Waals surface area contributed by atoms with Gasteiger partial charge in [-0.1, -0.05) is 59.8 Å². The number of imidazole rings is 1. The Hall–Kier alpha value is -3.91. The summed E-state index contributed by atoms with van der Waals surface area (Å²) < 4.78 is 1.95. The molecule has 0 fully saturated rings. The van der Waals surface area contributed by atoms with E-state index >= 15 is 0 Å². The fraction of sp³-hybridized carbons (Fsp3) is 0.154. The normalized spacial score (nSPS) is 12.6. The predicted octanol–water partition coefficient (Wildman–Crippen LogP) is 5.44. The van der Waals surface area contributed by atoms with Gasteiger partial charge < -0.3 is 4.90 Å². The fourth-order valence-electron chi connectivity index (χ4n) is 4.16. The highest BCUT2D eigenvalue weighted by molar-refractivity contribution is 7.99. The van der Waals surface area contributed by atoms with Crippen molar-refractivity contribution in [1.82, 2.24) is 9.55 Å². The summed E-state index contributed by atoms with van der Waals surface area (Å²) in [6.45, 7) is 2.70. The molecule has 8 heteroatoms. The number of carbonyl (C=O) groups excluding carboxylic acids is 1. The number of para-hydroxylation sites is 1. The van der Waals surface area contributed by atoms with Gasteiger partial charge in [-0.2, -0.15) is 0 Å². The molecule has 0 spiro atoms. The van der Waals surface area contributed by atoms with Gasteiger partial charge in [0.25, 0.3) is 5.69 Å². The third-order valence-electron chi connectivity index (χ3n) is 5.89. The highest BCUT2D eigenvalue weighted by Gasteiger charge is 2.25. The summed E-state index contributed by atoms with van der Waals surface area (Å²) >= 11 is 1.37. The number of carbonyl (C=O) groups is 1. The number of nitro groups is 1. The lowest BCUT2D eigenvalue weighted by Gasteiger charge is -2.17. The van der Waals surface area contributed by atoms with Crippen LogP contribution >= 0.6 is 11.8 Å². The van der Waals surface area contributed by atoms with Gasteiger partial charge in [0.2, 0.25) is 5.91 Å². The van der Waals surface area contributed by atoms with Crippen molar-refractivity contribution in [3.63, 3.8) is 0 Å². The van der Waals surface area contributed by atoms with Crippen LogP contribution in [0.1, 0.15) is 11.1 Å². The Balaban J connectivity index is 1.47. The minimum atomic E-state index is -0.404. The summed E-state index contributed by atoms with van der Waals surface area (Å²) in [6.07, 6.45) is 2.57. The molecule has 0 unspecified atom stereocenters. The molecule has 1 aliphatic heterocycles. The third-order valence-corrected chi connectivity index (χ3v) is 6.82. The molecule has 1 amide bonds. The summed E-state index contributed by atoms with van der Waals surface area (Å²) in [5.74, 6) is 0.274. The van der Waals surface area contributed by atoms with E-state index in [0.29, 0.717) is 17.3 Å². The van der Waals surface area contributed by atoms with Crippen LogP contribution in [0.25, 0.3) is 16.9 Å². The van der Waals surface area contributed by atoms with Crippen LogP contribution in [0.2, 0.25) is 0 Å². The van der Waals surface area contributed by atoms with Gasteiger partial charge in [-0.3, -0.25) is 19.5 Å². The molecule has 2 heterocycles. The van der Waals surface area contributed by atoms with E-state index in [9.17, 15) is 14.9 Å². The van der Waals surface area contributed by atoms with Gasteiger partial charge in [0, 0.05) is 35.6 Å². The maximum absolute atomic E-state index is 13.1. The zero-order chi connectivity index (χ0) is 23.7. The van der Waals surface area contributed by atoms with Gasteiger partial charge in [-0.15, -0.1) is 0 Å². The Labute approximate surface area is 201 Å². The first-order chi connectivity index (χ1) is 16.5. The summed E-state index contributed by atoms with van der Waals surface area (Å²) in [7, 11) is 0. The maximum atomic E-state index is 13.1. The van der Waals surface area contributed by atoms with Gasteiger partial charge in [0.05, 0.1) is 22.6 Å². The van der Waals surface area contributed by atoms with Gasteiger partial charge in [0.15, 0.2) is 5.16 Å². The van der Waals surface area contributed by atoms with Crippen molar-refractivity contribution in [3.8, 4) is 16.9 Å². The van der Waals surface area contributed by atoms with E-state index in [2.05, 4.69) is 11.1 Å². The van der Waals surface area contributed by atoms with Crippen LogP contribution in [0, 0.1) is 17.0 Å². The van der Waals surface area contributed by atoms with Crippen molar-refractivity contribution in [2.75, 3.05) is 17.2 Å². The molecule has 170 valence electrons. The van der Waals surface area contributed by atoms with E-state index in [-0.39, 0.29) is 17.3 Å². The van der Waals surface area contributed by atoms with E-state index in [1.165, 1.54) is 23.4 Å². The second-order valence-electron chi connectivity index (χ2n) is 8.12. The number of nitro benzene ring substituents is 1. The number of thioether (sulfide) groups is 1. The van der Waals surface area contributed by atoms with E-state index in [4.69, 9.17) is 0 Å². The van der Waals surface area contributed by atoms with Gasteiger partial charge in [-0.05, 0) is 37.1 Å². The highest BCUT2D eigenvalue weighted by atomic mass is 32.2. The molecule has 1 aromatic heterocycles. The molecule has 0 saturated carbocycles. The van der Waals surface area contributed by atoms with Crippen molar-refractivity contribution in [3.05, 3.63) is 100 Å². The van der Waals surface area contributed by atoms with E-state index in [1.807, 2.05) is 64.9 Å². The summed E-state index contributed by atoms with van der Waals surface area (Å²) in [5, 5.41) is 12.0. The number of non-ortho nitro benzene ring substituents is 1. The Morgan fingerprint density at radius 2 is 1.88 bits per heavy atom. The number of aromatic nitrogens is 2. The number of rotatable bonds is 6. The summed E-state index contributed by atoms with van der Waals surface area (Å²) in [6, 6.07) is 22.5. The lowest BCUT2D eigenvalue weighted by molar-refractivity contribution is -0.384. The Morgan fingerprint density at radius 1 is 1.09 bits per heavy atom. The van der Waals surface area contributed by atoms with Crippen LogP contribution < -0.4 is 4.90 Å². The second kappa shape index (κ2) is 9.15. The molecule has 0 aliphatic carbocycles. The van der Waals surface area contributed by atoms with Crippen molar-refractivity contribution >= 4 is 29.0 Å². The molecule has 3 aromatic carbocycles. The molecule has 5 rings (SSSR count). The molecular weight excluding hydrogens is 448 g/mol. The maximum Gasteiger partial charge on any atom is 0.270 e. The predicted molar refractivity (Wildman–Crippen MR) is 134 cm³/mol. The molecular formula is C26H22N4O3S. The van der Waals surface area contributed by atoms with E-state index < -0.39 is 4.92 Å². The van der Waals surface area contributed by atoms with Crippen LogP contribution in [0.3, 0.4) is 0 Å². The number of aryl methyl sites for hydroxylation is 1. The molecule has 0 radical (unpaired) electrons. The molecule has 0 saturated heterocycles. The van der Waals surface area contributed by atoms with Crippen LogP contribution in [-0.4, -0.2) is 32.7 Å². The minimum absolute atomic E-state index is 0.0197. The zero-order valence-corrected chi connectivity index (χ0v) is 19.4. The van der Waals surface area contributed by atoms with Gasteiger partial charge in [-0.25, -0.2) is 4.98 Å². The Bertz CT molecular complexity index is 1380. The Kier molecular flexibility index (Phi) is 5.90. The van der Waals surface area contributed by atoms with Gasteiger partial charge >= 0.3 is 0 Å². The molecule has 0 atom stereocenters. The van der Waals surface area contributed by atoms with Crippen LogP contribution in [0.5, 0.6) is 0 Å². The largest absolute Gasteiger partial charge is 0.311 e. The first-order valence-corrected chi connectivity index (χ1v) is 11.9. The standard InChI is InChI=1S/C26H22N4O3S/c1-18-9-11-21(12-10-18)29-24(20-6-4-7-22(15-20)30(32)33)16-27-26(29)34-17-25(31)28-14-13-19-5-2-3-8-23(19)28/h2-12,15-16H,13-14,17H2,1H3. The molecule has 0 N–H and O–H groups in total. The third kappa shape index (κ3) is 4.20. The van der Waals surface area contributed by atoms with E-state index in [0.717, 1.165) is 29.1 Å². The quantitative estimate of drug-likeness (QED) is 0.213. The van der Waals surface area contributed by atoms with Crippen LogP contribution in [-0.2, 0) is 11.2 Å². The number of fused-ring (bicyclic) bond motifs is 1. The number of amides is 1. The average Bonchev–Trinajstić information content (AvgIpc) is 3.48. The zero-order valence-electron chi connectivity index (χ0n) is 18.5. The SMILES string of the molecule is Cc1ccc(-n2c(-c3cccc([N+](=O)[O-])c3)cnc2SCC(=O)N2CCc3ccccc32)cc1. The number of nitrogens with zero attached hydrogens (tertiary/aromatic N) is 4. The van der Waals surface area contributed by atoms with Crippen molar-refractivity contribution in [2.45, 2.75) is 18.5 Å². The highest BCUT2D eigenvalue weighted by Crippen LogP contribution is 2.33. The number of anilines is 1. The average molecular weight is 471 g/mol. The monoisotopic (exact) mass is 470 g/mol. The smallest absolute Gasteiger partial charge is 0.270 e. The second-order valence-corrected chi connectivity index (χ2v) is 9.06. The van der Waals surface area contributed by atoms with E-state index in [1.54, 1.807) is 18.3 Å². The fourth-order valence-corrected chi connectivity index (χ4v) is 5.03. The van der Waals surface area contributed by atoms with Crippen molar-refractivity contribution in [1.29, 1.82) is 0 Å². The molecule has 0 bridgehead atoms. The topological polar surface area (TPSA) is 81.3 Å². The first kappa shape index (κ1) is 21.9. The number of hydrogen-bond acceptors (Lipinski definition) is 5. The summed E-state index contributed by atoms with van der Waals surface area (Å²) in [4.78, 5) is 30.4. The molecule has 34 heavy (non-hydrogen) atoms. The Morgan fingerprint density at radius 3 is 2.68 bits per heavy atom. The van der Waals surface area contributed by atoms with Crippen LogP contribution in [0.4, 0.5) is 11.4 Å². The van der Waals surface area contributed by atoms with Gasteiger partial charge in [0.1, 0.15) is 0 Å². The summed E-state index contributed by atoms with van der Waals surface area (Å²) in [5.41, 5.74) is 5.61. The lowest BCUT2D eigenvalue weighted by Crippen LogP contribution is -2.30. The van der Waals surface area contributed by atoms with Crippen LogP contribution in [0.15, 0.2) is 84.1 Å². The van der Waals surface area contributed by atoms with Crippen molar-refractivity contribution in [2.24, 2.45) is 0 Å². The first-order valence-electron chi connectivity index (χ1n) is 10.9. The molecule has 7 nitrogen and oxygen atoms in total. The molecule has 4 aromatic rings. The number of hydrogen-bond donors (Lipinski definition) is 0. The molecule has 1 aliphatic rings. The van der Waals surface area contributed by atoms with Crippen molar-refractivity contribution < 1.29 is 9.72 Å². The minimum Gasteiger partial charge on any atom is -0.311 e. The number of benzene rings is 3. The lowest BCUT2D eigenvalue weighted by atomic mass is 10.1.